The van der Waals surface area contributed by atoms with Gasteiger partial charge < -0.3 is 0 Å². The summed E-state index contributed by atoms with van der Waals surface area (Å²) >= 11 is 2.89. The van der Waals surface area contributed by atoms with Gasteiger partial charge in [-0.3, -0.25) is 4.79 Å². The summed E-state index contributed by atoms with van der Waals surface area (Å²) in [6, 6.07) is 4.25. The van der Waals surface area contributed by atoms with Gasteiger partial charge in [0.15, 0.2) is 5.78 Å². The van der Waals surface area contributed by atoms with E-state index in [0.29, 0.717) is 35.0 Å². The minimum Gasteiger partial charge on any atom is -0.294 e. The minimum absolute atomic E-state index is 0.239. The number of carbonyl (C=O) groups excluding carboxylic acids is 1. The van der Waals surface area contributed by atoms with Crippen LogP contribution >= 0.6 is 23.5 Å². The first-order valence-corrected chi connectivity index (χ1v) is 9.03. The topological polar surface area (TPSA) is 64.7 Å². The van der Waals surface area contributed by atoms with Gasteiger partial charge in [0.05, 0.1) is 23.6 Å². The van der Waals surface area contributed by atoms with Crippen LogP contribution in [-0.2, 0) is 4.79 Å². The fraction of sp³-hybridized carbons (Fsp3) is 0.667. The molecule has 0 aromatic heterocycles. The molecule has 0 heterocycles. The Hall–Kier alpha value is -0.910. The second-order valence-electron chi connectivity index (χ2n) is 5.67. The van der Waals surface area contributed by atoms with Crippen LogP contribution in [0.5, 0.6) is 0 Å². The molecule has 0 amide bonds. The zero-order valence-electron chi connectivity index (χ0n) is 11.2. The Morgan fingerprint density at radius 1 is 1.10 bits per heavy atom. The lowest BCUT2D eigenvalue weighted by atomic mass is 9.79. The lowest BCUT2D eigenvalue weighted by Gasteiger charge is -2.27. The van der Waals surface area contributed by atoms with Gasteiger partial charge in [-0.2, -0.15) is 10.5 Å². The van der Waals surface area contributed by atoms with Gasteiger partial charge in [-0.1, -0.05) is 6.42 Å². The van der Waals surface area contributed by atoms with Crippen molar-refractivity contribution in [3.8, 4) is 12.1 Å². The van der Waals surface area contributed by atoms with Gasteiger partial charge in [0.25, 0.3) is 0 Å². The summed E-state index contributed by atoms with van der Waals surface area (Å²) in [6.45, 7) is 0. The molecule has 0 spiro atoms. The molecule has 3 saturated carbocycles. The molecule has 0 aliphatic heterocycles. The number of hydrogen-bond acceptors (Lipinski definition) is 5. The highest BCUT2D eigenvalue weighted by molar-refractivity contribution is 8.22. The predicted molar refractivity (Wildman–Crippen MR) is 80.6 cm³/mol. The molecule has 20 heavy (non-hydrogen) atoms. The van der Waals surface area contributed by atoms with Crippen molar-refractivity contribution < 1.29 is 4.79 Å². The molecule has 3 aliphatic carbocycles. The van der Waals surface area contributed by atoms with E-state index in [-0.39, 0.29) is 5.92 Å². The Bertz CT molecular complexity index is 523. The number of fused-ring (bicyclic) bond motifs is 5. The standard InChI is InChI=1S/C15H16N2OS2/c16-4-6-19-15(20-7-5-17)13-11-8-12(14(13)18)10-3-1-2-9(10)11/h9-12H,1-3,6-8H2. The van der Waals surface area contributed by atoms with E-state index in [1.807, 2.05) is 0 Å². The highest BCUT2D eigenvalue weighted by Gasteiger charge is 2.57. The Balaban J connectivity index is 1.89. The van der Waals surface area contributed by atoms with Gasteiger partial charge in [-0.15, -0.1) is 23.5 Å². The number of ketones is 1. The molecule has 4 atom stereocenters. The van der Waals surface area contributed by atoms with Crippen molar-refractivity contribution in [1.29, 1.82) is 10.5 Å². The molecular formula is C15H16N2OS2. The second kappa shape index (κ2) is 5.84. The maximum Gasteiger partial charge on any atom is 0.164 e. The average molecular weight is 304 g/mol. The average Bonchev–Trinajstić information content (AvgIpc) is 3.10. The molecule has 104 valence electrons. The molecule has 0 N–H and O–H groups in total. The van der Waals surface area contributed by atoms with Gasteiger partial charge in [-0.05, 0) is 37.0 Å². The normalized spacial score (nSPS) is 33.9. The highest BCUT2D eigenvalue weighted by Crippen LogP contribution is 2.61. The number of nitrogens with zero attached hydrogens (tertiary/aromatic N) is 2. The van der Waals surface area contributed by atoms with Crippen LogP contribution in [0.25, 0.3) is 0 Å². The van der Waals surface area contributed by atoms with E-state index < -0.39 is 0 Å². The maximum atomic E-state index is 12.6. The smallest absolute Gasteiger partial charge is 0.164 e. The van der Waals surface area contributed by atoms with E-state index in [2.05, 4.69) is 12.1 Å². The molecule has 0 saturated heterocycles. The van der Waals surface area contributed by atoms with Crippen LogP contribution in [0.15, 0.2) is 9.81 Å². The zero-order chi connectivity index (χ0) is 14.1. The molecule has 2 bridgehead atoms. The minimum atomic E-state index is 0.239. The monoisotopic (exact) mass is 304 g/mol. The Labute approximate surface area is 127 Å². The molecular weight excluding hydrogens is 288 g/mol. The molecule has 0 aromatic carbocycles. The first-order chi connectivity index (χ1) is 9.77. The van der Waals surface area contributed by atoms with Crippen molar-refractivity contribution in [2.24, 2.45) is 23.7 Å². The van der Waals surface area contributed by atoms with Gasteiger partial charge in [0.1, 0.15) is 0 Å². The number of Topliss-reactive ketones (excluding diaryl/α,β-unsaturated/α-hetero) is 1. The molecule has 3 aliphatic rings. The van der Waals surface area contributed by atoms with Crippen molar-refractivity contribution in [2.45, 2.75) is 25.7 Å². The summed E-state index contributed by atoms with van der Waals surface area (Å²) in [7, 11) is 0. The van der Waals surface area contributed by atoms with Crippen molar-refractivity contribution in [3.63, 3.8) is 0 Å². The van der Waals surface area contributed by atoms with E-state index in [1.165, 1.54) is 42.8 Å². The SMILES string of the molecule is N#CCSC(SCC#N)=C1C(=O)C2CC1C1CCCC21. The van der Waals surface area contributed by atoms with Crippen LogP contribution in [0, 0.1) is 46.3 Å². The number of hydrogen-bond donors (Lipinski definition) is 0. The van der Waals surface area contributed by atoms with Crippen LogP contribution in [0.1, 0.15) is 25.7 Å². The largest absolute Gasteiger partial charge is 0.294 e. The number of nitriles is 2. The number of rotatable bonds is 4. The van der Waals surface area contributed by atoms with E-state index in [1.54, 1.807) is 0 Å². The Kier molecular flexibility index (Phi) is 4.10. The van der Waals surface area contributed by atoms with Gasteiger partial charge in [0, 0.05) is 15.7 Å². The highest BCUT2D eigenvalue weighted by atomic mass is 32.2. The zero-order valence-corrected chi connectivity index (χ0v) is 12.8. The van der Waals surface area contributed by atoms with E-state index >= 15 is 0 Å². The first-order valence-electron chi connectivity index (χ1n) is 7.05. The van der Waals surface area contributed by atoms with Crippen molar-refractivity contribution in [2.75, 3.05) is 11.5 Å². The summed E-state index contributed by atoms with van der Waals surface area (Å²) < 4.78 is 0.955. The van der Waals surface area contributed by atoms with Gasteiger partial charge >= 0.3 is 0 Å². The Morgan fingerprint density at radius 3 is 2.30 bits per heavy atom. The van der Waals surface area contributed by atoms with E-state index in [9.17, 15) is 4.79 Å². The summed E-state index contributed by atoms with van der Waals surface area (Å²) in [5.74, 6) is 3.00. The summed E-state index contributed by atoms with van der Waals surface area (Å²) in [6.07, 6.45) is 4.75. The third-order valence-electron chi connectivity index (χ3n) is 4.89. The van der Waals surface area contributed by atoms with Gasteiger partial charge in [0.2, 0.25) is 0 Å². The first kappa shape index (κ1) is 14.0. The molecule has 0 aromatic rings. The van der Waals surface area contributed by atoms with Crippen LogP contribution in [0.2, 0.25) is 0 Å². The van der Waals surface area contributed by atoms with E-state index in [4.69, 9.17) is 10.5 Å². The predicted octanol–water partition coefficient (Wildman–Crippen LogP) is 3.35. The molecule has 0 radical (unpaired) electrons. The quantitative estimate of drug-likeness (QED) is 0.745. The molecule has 3 rings (SSSR count). The van der Waals surface area contributed by atoms with Crippen LogP contribution in [0.4, 0.5) is 0 Å². The summed E-state index contributed by atoms with van der Waals surface area (Å²) in [4.78, 5) is 12.6. The van der Waals surface area contributed by atoms with Gasteiger partial charge in [-0.25, -0.2) is 0 Å². The molecule has 3 nitrogen and oxygen atoms in total. The van der Waals surface area contributed by atoms with Crippen molar-refractivity contribution in [3.05, 3.63) is 9.81 Å². The second-order valence-corrected chi connectivity index (χ2v) is 7.90. The molecule has 4 unspecified atom stereocenters. The third-order valence-corrected chi connectivity index (χ3v) is 7.11. The maximum absolute atomic E-state index is 12.6. The lowest BCUT2D eigenvalue weighted by molar-refractivity contribution is -0.120. The van der Waals surface area contributed by atoms with Crippen LogP contribution in [-0.4, -0.2) is 17.3 Å². The lowest BCUT2D eigenvalue weighted by Crippen LogP contribution is -2.27. The number of carbonyl (C=O) groups is 1. The summed E-state index contributed by atoms with van der Waals surface area (Å²) in [5.41, 5.74) is 0.971. The third kappa shape index (κ3) is 2.18. The van der Waals surface area contributed by atoms with Crippen LogP contribution < -0.4 is 0 Å². The Morgan fingerprint density at radius 2 is 1.70 bits per heavy atom. The fourth-order valence-corrected chi connectivity index (χ4v) is 6.19. The fourth-order valence-electron chi connectivity index (χ4n) is 4.30. The summed E-state index contributed by atoms with van der Waals surface area (Å²) in [5, 5.41) is 17.6. The molecule has 5 heteroatoms. The number of allylic oxidation sites excluding steroid dienone is 1. The van der Waals surface area contributed by atoms with Crippen LogP contribution in [0.3, 0.4) is 0 Å². The number of thioether (sulfide) groups is 2. The van der Waals surface area contributed by atoms with Crippen molar-refractivity contribution in [1.82, 2.24) is 0 Å². The van der Waals surface area contributed by atoms with E-state index in [0.717, 1.165) is 16.2 Å². The van der Waals surface area contributed by atoms with Crippen molar-refractivity contribution >= 4 is 29.3 Å². The molecule has 3 fully saturated rings.